The first kappa shape index (κ1) is 28.4. The van der Waals surface area contributed by atoms with E-state index in [0.29, 0.717) is 29.9 Å². The molecule has 2 N–H and O–H groups in total. The Kier molecular flexibility index (Phi) is 8.39. The highest BCUT2D eigenvalue weighted by Crippen LogP contribution is 2.39. The molecule has 2 aromatic carbocycles. The third-order valence-electron chi connectivity index (χ3n) is 7.37. The summed E-state index contributed by atoms with van der Waals surface area (Å²) in [5.74, 6) is -2.65. The van der Waals surface area contributed by atoms with Crippen LogP contribution in [0.2, 0.25) is 5.02 Å². The molecule has 0 radical (unpaired) electrons. The van der Waals surface area contributed by atoms with E-state index in [1.54, 1.807) is 19.9 Å². The molecule has 2 aliphatic rings. The average Bonchev–Trinajstić information content (AvgIpc) is 3.19. The lowest BCUT2D eigenvalue weighted by atomic mass is 9.81. The molecule has 1 saturated carbocycles. The van der Waals surface area contributed by atoms with Crippen molar-refractivity contribution in [1.82, 2.24) is 20.2 Å². The second kappa shape index (κ2) is 12.1. The lowest BCUT2D eigenvalue weighted by Crippen LogP contribution is -2.53. The van der Waals surface area contributed by atoms with Crippen LogP contribution < -0.4 is 10.6 Å². The Balaban J connectivity index is 1.50. The zero-order chi connectivity index (χ0) is 29.1. The zero-order valence-electron chi connectivity index (χ0n) is 22.7. The molecule has 1 saturated heterocycles. The summed E-state index contributed by atoms with van der Waals surface area (Å²) >= 11 is 5.97. The van der Waals surface area contributed by atoms with Gasteiger partial charge in [0.2, 0.25) is 23.7 Å². The first-order chi connectivity index (χ1) is 19.7. The van der Waals surface area contributed by atoms with Crippen LogP contribution >= 0.6 is 11.6 Å². The third kappa shape index (κ3) is 6.43. The number of hydrogen-bond donors (Lipinski definition) is 2. The minimum absolute atomic E-state index is 0.0720. The summed E-state index contributed by atoms with van der Waals surface area (Å²) in [6.45, 7) is 3.58. The van der Waals surface area contributed by atoms with E-state index in [1.165, 1.54) is 18.2 Å². The molecule has 1 aliphatic carbocycles. The van der Waals surface area contributed by atoms with Crippen molar-refractivity contribution < 1.29 is 18.8 Å². The number of aromatic nitrogens is 2. The van der Waals surface area contributed by atoms with E-state index in [2.05, 4.69) is 25.6 Å². The summed E-state index contributed by atoms with van der Waals surface area (Å²) in [5, 5.41) is 5.57. The monoisotopic (exact) mass is 576 g/mol. The number of aliphatic imine (C=N–C) groups is 1. The van der Waals surface area contributed by atoms with Crippen LogP contribution in [0.25, 0.3) is 0 Å². The van der Waals surface area contributed by atoms with E-state index >= 15 is 0 Å². The number of amides is 3. The first-order valence-electron chi connectivity index (χ1n) is 13.5. The van der Waals surface area contributed by atoms with Gasteiger partial charge in [-0.15, -0.1) is 0 Å². The summed E-state index contributed by atoms with van der Waals surface area (Å²) in [4.78, 5) is 55.2. The minimum Gasteiger partial charge on any atom is -0.326 e. The average molecular weight is 577 g/mol. The predicted octanol–water partition coefficient (Wildman–Crippen LogP) is 4.89. The van der Waals surface area contributed by atoms with Crippen molar-refractivity contribution in [3.8, 4) is 0 Å². The number of aryl methyl sites for hydroxylation is 2. The molecule has 1 aliphatic heterocycles. The SMILES string of the molecule is Cc1cc(C)nc(N=C(NC(=O)[C@H](Cc2ccccc2)N2C(=O)[C@H]3CCCC[C@H]3C2=O)Nc2ccc(F)c(Cl)c2)n1. The number of imide groups is 1. The van der Waals surface area contributed by atoms with Gasteiger partial charge in [-0.25, -0.2) is 14.4 Å². The molecule has 3 atom stereocenters. The Bertz CT molecular complexity index is 1470. The van der Waals surface area contributed by atoms with Crippen molar-refractivity contribution in [2.75, 3.05) is 5.32 Å². The van der Waals surface area contributed by atoms with Gasteiger partial charge in [-0.1, -0.05) is 54.8 Å². The maximum atomic E-state index is 14.0. The van der Waals surface area contributed by atoms with Gasteiger partial charge in [0, 0.05) is 23.5 Å². The Morgan fingerprint density at radius 2 is 1.66 bits per heavy atom. The molecule has 2 heterocycles. The highest BCUT2D eigenvalue weighted by molar-refractivity contribution is 6.31. The first-order valence-corrected chi connectivity index (χ1v) is 13.9. The number of nitrogens with one attached hydrogen (secondary N) is 2. The van der Waals surface area contributed by atoms with E-state index < -0.39 is 29.6 Å². The summed E-state index contributed by atoms with van der Waals surface area (Å²) < 4.78 is 13.8. The van der Waals surface area contributed by atoms with Crippen molar-refractivity contribution in [3.63, 3.8) is 0 Å². The number of guanidine groups is 1. The van der Waals surface area contributed by atoms with E-state index in [-0.39, 0.29) is 35.2 Å². The number of nitrogens with zero attached hydrogens (tertiary/aromatic N) is 4. The molecule has 212 valence electrons. The summed E-state index contributed by atoms with van der Waals surface area (Å²) in [5.41, 5.74) is 2.48. The molecule has 1 aromatic heterocycles. The van der Waals surface area contributed by atoms with Gasteiger partial charge in [-0.2, -0.15) is 4.99 Å². The quantitative estimate of drug-likeness (QED) is 0.245. The summed E-state index contributed by atoms with van der Waals surface area (Å²) in [7, 11) is 0. The predicted molar refractivity (Wildman–Crippen MR) is 153 cm³/mol. The zero-order valence-corrected chi connectivity index (χ0v) is 23.5. The van der Waals surface area contributed by atoms with E-state index in [9.17, 15) is 18.8 Å². The number of benzene rings is 2. The minimum atomic E-state index is -1.12. The van der Waals surface area contributed by atoms with Crippen LogP contribution in [0.3, 0.4) is 0 Å². The molecule has 0 unspecified atom stereocenters. The Hall–Kier alpha value is -4.18. The van der Waals surface area contributed by atoms with Crippen LogP contribution in [0.5, 0.6) is 0 Å². The van der Waals surface area contributed by atoms with Gasteiger partial charge in [0.15, 0.2) is 0 Å². The Morgan fingerprint density at radius 1 is 1.02 bits per heavy atom. The van der Waals surface area contributed by atoms with Crippen LogP contribution in [0.4, 0.5) is 16.0 Å². The molecule has 3 amide bonds. The van der Waals surface area contributed by atoms with Gasteiger partial charge < -0.3 is 5.32 Å². The maximum absolute atomic E-state index is 14.0. The van der Waals surface area contributed by atoms with Gasteiger partial charge in [-0.3, -0.25) is 24.6 Å². The van der Waals surface area contributed by atoms with Crippen LogP contribution in [0.1, 0.15) is 42.6 Å². The fourth-order valence-corrected chi connectivity index (χ4v) is 5.67. The van der Waals surface area contributed by atoms with Crippen LogP contribution in [-0.2, 0) is 20.8 Å². The fourth-order valence-electron chi connectivity index (χ4n) is 5.49. The molecular weight excluding hydrogens is 547 g/mol. The van der Waals surface area contributed by atoms with E-state index in [1.807, 2.05) is 30.3 Å². The largest absolute Gasteiger partial charge is 0.326 e. The normalized spacial score (nSPS) is 19.6. The summed E-state index contributed by atoms with van der Waals surface area (Å²) in [6.07, 6.45) is 3.14. The molecule has 41 heavy (non-hydrogen) atoms. The fraction of sp³-hybridized carbons (Fsp3) is 0.333. The molecule has 11 heteroatoms. The van der Waals surface area contributed by atoms with Crippen molar-refractivity contribution in [2.24, 2.45) is 16.8 Å². The second-order valence-corrected chi connectivity index (χ2v) is 10.8. The second-order valence-electron chi connectivity index (χ2n) is 10.4. The lowest BCUT2D eigenvalue weighted by molar-refractivity contribution is -0.147. The summed E-state index contributed by atoms with van der Waals surface area (Å²) in [6, 6.07) is 13.8. The molecule has 0 spiro atoms. The van der Waals surface area contributed by atoms with E-state index in [4.69, 9.17) is 11.6 Å². The number of carbonyl (C=O) groups excluding carboxylic acids is 3. The van der Waals surface area contributed by atoms with Crippen molar-refractivity contribution in [3.05, 3.63) is 82.4 Å². The van der Waals surface area contributed by atoms with Gasteiger partial charge >= 0.3 is 0 Å². The molecule has 5 rings (SSSR count). The number of likely N-dealkylation sites (tertiary alicyclic amines) is 1. The molecule has 3 aromatic rings. The molecule has 0 bridgehead atoms. The number of rotatable bonds is 6. The topological polar surface area (TPSA) is 117 Å². The number of anilines is 1. The number of carbonyl (C=O) groups is 3. The standard InChI is InChI=1S/C30H30ClFN6O3/c1-17-14-18(2)34-29(33-17)37-30(35-20-12-13-24(32)23(31)16-20)36-26(39)25(15-19-8-4-3-5-9-19)38-27(40)21-10-6-7-11-22(21)28(38)41/h3-5,8-9,12-14,16,21-22,25H,6-7,10-11,15H2,1-2H3,(H2,33,34,35,36,37,39)/t21-,22+,25-/m0/s1. The number of halogens is 2. The van der Waals surface area contributed by atoms with Crippen LogP contribution in [0.15, 0.2) is 59.6 Å². The van der Waals surface area contributed by atoms with Crippen LogP contribution in [-0.4, -0.2) is 44.6 Å². The Morgan fingerprint density at radius 3 is 2.27 bits per heavy atom. The van der Waals surface area contributed by atoms with E-state index in [0.717, 1.165) is 23.3 Å². The van der Waals surface area contributed by atoms with Gasteiger partial charge in [0.05, 0.1) is 16.9 Å². The van der Waals surface area contributed by atoms with Crippen molar-refractivity contribution in [1.29, 1.82) is 0 Å². The Labute approximate surface area is 242 Å². The van der Waals surface area contributed by atoms with Gasteiger partial charge in [-0.05, 0) is 56.5 Å². The highest BCUT2D eigenvalue weighted by atomic mass is 35.5. The lowest BCUT2D eigenvalue weighted by Gasteiger charge is -2.26. The highest BCUT2D eigenvalue weighted by Gasteiger charge is 2.51. The van der Waals surface area contributed by atoms with Crippen molar-refractivity contribution >= 4 is 46.9 Å². The van der Waals surface area contributed by atoms with Crippen LogP contribution in [0, 0.1) is 31.5 Å². The third-order valence-corrected chi connectivity index (χ3v) is 7.66. The molecular formula is C30H30ClFN6O3. The molecule has 2 fully saturated rings. The number of hydrogen-bond acceptors (Lipinski definition) is 6. The van der Waals surface area contributed by atoms with Gasteiger partial charge in [0.1, 0.15) is 11.9 Å². The number of fused-ring (bicyclic) bond motifs is 1. The van der Waals surface area contributed by atoms with Gasteiger partial charge in [0.25, 0.3) is 5.95 Å². The maximum Gasteiger partial charge on any atom is 0.253 e. The smallest absolute Gasteiger partial charge is 0.253 e. The molecule has 9 nitrogen and oxygen atoms in total. The van der Waals surface area contributed by atoms with Crippen molar-refractivity contribution in [2.45, 2.75) is 52.0 Å².